The topological polar surface area (TPSA) is 77.1 Å². The minimum atomic E-state index is -0.554. The van der Waals surface area contributed by atoms with Crippen molar-refractivity contribution in [2.45, 2.75) is 19.9 Å². The lowest BCUT2D eigenvalue weighted by Crippen LogP contribution is -2.24. The van der Waals surface area contributed by atoms with Gasteiger partial charge in [-0.2, -0.15) is 0 Å². The number of aryl methyl sites for hydroxylation is 1. The highest BCUT2D eigenvalue weighted by molar-refractivity contribution is 7.14. The molecule has 0 aliphatic carbocycles. The largest absolute Gasteiger partial charge is 0.420 e. The number of para-hydroxylation sites is 2. The zero-order valence-electron chi connectivity index (χ0n) is 14.6. The van der Waals surface area contributed by atoms with Gasteiger partial charge < -0.3 is 9.73 Å². The van der Waals surface area contributed by atoms with Crippen molar-refractivity contribution in [3.8, 4) is 11.3 Å². The number of thiazole rings is 1. The number of amides is 1. The number of carbonyl (C=O) groups is 1. The highest BCUT2D eigenvalue weighted by Gasteiger charge is 2.14. The Bertz CT molecular complexity index is 1160. The summed E-state index contributed by atoms with van der Waals surface area (Å²) < 4.78 is 6.45. The average Bonchev–Trinajstić information content (AvgIpc) is 3.27. The highest BCUT2D eigenvalue weighted by Crippen LogP contribution is 2.25. The van der Waals surface area contributed by atoms with Gasteiger partial charge in [0.05, 0.1) is 11.2 Å². The Kier molecular flexibility index (Phi) is 4.60. The zero-order valence-corrected chi connectivity index (χ0v) is 15.5. The van der Waals surface area contributed by atoms with E-state index in [1.54, 1.807) is 24.3 Å². The number of hydrogen-bond donors (Lipinski definition) is 1. The third kappa shape index (κ3) is 3.54. The van der Waals surface area contributed by atoms with Gasteiger partial charge in [0, 0.05) is 10.9 Å². The molecule has 0 fully saturated rings. The van der Waals surface area contributed by atoms with E-state index in [2.05, 4.69) is 29.4 Å². The van der Waals surface area contributed by atoms with Crippen LogP contribution in [0.5, 0.6) is 0 Å². The van der Waals surface area contributed by atoms with Crippen LogP contribution in [0.1, 0.15) is 12.5 Å². The predicted molar refractivity (Wildman–Crippen MR) is 106 cm³/mol. The van der Waals surface area contributed by atoms with Gasteiger partial charge in [-0.1, -0.05) is 43.3 Å². The molecule has 27 heavy (non-hydrogen) atoms. The van der Waals surface area contributed by atoms with Crippen LogP contribution >= 0.6 is 11.3 Å². The van der Waals surface area contributed by atoms with Crippen LogP contribution in [-0.2, 0) is 17.8 Å². The van der Waals surface area contributed by atoms with Crippen molar-refractivity contribution in [3.63, 3.8) is 0 Å². The second-order valence-electron chi connectivity index (χ2n) is 6.06. The van der Waals surface area contributed by atoms with Crippen molar-refractivity contribution in [2.75, 3.05) is 5.32 Å². The summed E-state index contributed by atoms with van der Waals surface area (Å²) in [6, 6.07) is 15.2. The van der Waals surface area contributed by atoms with Gasteiger partial charge in [-0.3, -0.25) is 9.36 Å². The summed E-state index contributed by atoms with van der Waals surface area (Å²) in [5.74, 6) is -0.881. The number of nitrogens with one attached hydrogen (secondary N) is 1. The van der Waals surface area contributed by atoms with E-state index in [1.165, 1.54) is 21.5 Å². The lowest BCUT2D eigenvalue weighted by atomic mass is 10.1. The summed E-state index contributed by atoms with van der Waals surface area (Å²) in [5.41, 5.74) is 4.13. The number of carbonyl (C=O) groups excluding carboxylic acids is 1. The normalized spacial score (nSPS) is 11.0. The molecule has 2 aromatic carbocycles. The summed E-state index contributed by atoms with van der Waals surface area (Å²) in [6.07, 6.45) is 0.987. The fraction of sp³-hybridized carbons (Fsp3) is 0.150. The third-order valence-corrected chi connectivity index (χ3v) is 5.04. The smallest absolute Gasteiger partial charge is 0.408 e. The fourth-order valence-corrected chi connectivity index (χ4v) is 3.58. The summed E-state index contributed by atoms with van der Waals surface area (Å²) in [7, 11) is 0. The van der Waals surface area contributed by atoms with Crippen LogP contribution in [0.25, 0.3) is 22.4 Å². The molecule has 136 valence electrons. The molecule has 0 radical (unpaired) electrons. The molecule has 1 N–H and O–H groups in total. The Hall–Kier alpha value is -3.19. The Morgan fingerprint density at radius 3 is 2.74 bits per heavy atom. The number of rotatable bonds is 5. The molecule has 0 aliphatic rings. The number of aromatic nitrogens is 2. The van der Waals surface area contributed by atoms with E-state index in [1.807, 2.05) is 17.5 Å². The number of oxazole rings is 1. The van der Waals surface area contributed by atoms with Crippen LogP contribution in [0.15, 0.2) is 63.1 Å². The molecule has 0 atom stereocenters. The van der Waals surface area contributed by atoms with E-state index in [9.17, 15) is 9.59 Å². The summed E-state index contributed by atoms with van der Waals surface area (Å²) in [4.78, 5) is 28.8. The second kappa shape index (κ2) is 7.20. The van der Waals surface area contributed by atoms with Gasteiger partial charge >= 0.3 is 5.76 Å². The quantitative estimate of drug-likeness (QED) is 0.570. The maximum atomic E-state index is 12.4. The summed E-state index contributed by atoms with van der Waals surface area (Å²) in [6.45, 7) is 1.98. The van der Waals surface area contributed by atoms with Crippen molar-refractivity contribution < 1.29 is 9.21 Å². The first kappa shape index (κ1) is 17.2. The predicted octanol–water partition coefficient (Wildman–Crippen LogP) is 3.92. The molecule has 6 nitrogen and oxygen atoms in total. The van der Waals surface area contributed by atoms with E-state index in [4.69, 9.17) is 4.42 Å². The molecule has 1 amide bonds. The molecule has 0 saturated heterocycles. The molecule has 0 unspecified atom stereocenters. The van der Waals surface area contributed by atoms with Gasteiger partial charge in [0.25, 0.3) is 0 Å². The second-order valence-corrected chi connectivity index (χ2v) is 6.92. The maximum Gasteiger partial charge on any atom is 0.420 e. The highest BCUT2D eigenvalue weighted by atomic mass is 32.1. The van der Waals surface area contributed by atoms with Crippen molar-refractivity contribution in [1.29, 1.82) is 0 Å². The van der Waals surface area contributed by atoms with Crippen molar-refractivity contribution >= 4 is 33.5 Å². The van der Waals surface area contributed by atoms with E-state index in [0.717, 1.165) is 17.7 Å². The molecule has 0 aliphatic heterocycles. The molecule has 2 aromatic heterocycles. The van der Waals surface area contributed by atoms with Gasteiger partial charge in [-0.15, -0.1) is 11.3 Å². The average molecular weight is 379 g/mol. The van der Waals surface area contributed by atoms with Crippen LogP contribution in [0.2, 0.25) is 0 Å². The lowest BCUT2D eigenvalue weighted by molar-refractivity contribution is -0.116. The van der Waals surface area contributed by atoms with Gasteiger partial charge in [0.1, 0.15) is 6.54 Å². The van der Waals surface area contributed by atoms with Crippen LogP contribution in [0.4, 0.5) is 5.13 Å². The molecule has 4 rings (SSSR count). The number of hydrogen-bond acceptors (Lipinski definition) is 5. The summed E-state index contributed by atoms with van der Waals surface area (Å²) >= 11 is 1.35. The third-order valence-electron chi connectivity index (χ3n) is 4.28. The minimum Gasteiger partial charge on any atom is -0.408 e. The van der Waals surface area contributed by atoms with Crippen molar-refractivity contribution in [1.82, 2.24) is 9.55 Å². The molecule has 0 bridgehead atoms. The SMILES string of the molecule is CCc1ccc(-c2csc(NC(=O)Cn3c(=O)oc4ccccc43)n2)cc1. The summed E-state index contributed by atoms with van der Waals surface area (Å²) in [5, 5.41) is 5.15. The van der Waals surface area contributed by atoms with Gasteiger partial charge in [-0.05, 0) is 24.1 Å². The maximum absolute atomic E-state index is 12.4. The number of fused-ring (bicyclic) bond motifs is 1. The number of anilines is 1. The van der Waals surface area contributed by atoms with Crippen LogP contribution < -0.4 is 11.1 Å². The fourth-order valence-electron chi connectivity index (χ4n) is 2.84. The Labute approximate surface area is 159 Å². The van der Waals surface area contributed by atoms with E-state index >= 15 is 0 Å². The Morgan fingerprint density at radius 1 is 1.19 bits per heavy atom. The first-order valence-electron chi connectivity index (χ1n) is 8.57. The van der Waals surface area contributed by atoms with Crippen LogP contribution in [-0.4, -0.2) is 15.5 Å². The molecule has 2 heterocycles. The van der Waals surface area contributed by atoms with Gasteiger partial charge in [-0.25, -0.2) is 9.78 Å². The van der Waals surface area contributed by atoms with E-state index < -0.39 is 5.76 Å². The van der Waals surface area contributed by atoms with Crippen LogP contribution in [0, 0.1) is 0 Å². The van der Waals surface area contributed by atoms with Gasteiger partial charge in [0.2, 0.25) is 5.91 Å². The Morgan fingerprint density at radius 2 is 1.96 bits per heavy atom. The molecule has 0 spiro atoms. The number of nitrogens with zero attached hydrogens (tertiary/aromatic N) is 2. The van der Waals surface area contributed by atoms with E-state index in [-0.39, 0.29) is 12.5 Å². The Balaban J connectivity index is 1.49. The van der Waals surface area contributed by atoms with E-state index in [0.29, 0.717) is 16.2 Å². The first-order valence-corrected chi connectivity index (χ1v) is 9.45. The molecule has 0 saturated carbocycles. The van der Waals surface area contributed by atoms with Gasteiger partial charge in [0.15, 0.2) is 10.7 Å². The zero-order chi connectivity index (χ0) is 18.8. The van der Waals surface area contributed by atoms with Crippen LogP contribution in [0.3, 0.4) is 0 Å². The minimum absolute atomic E-state index is 0.129. The van der Waals surface area contributed by atoms with Crippen molar-refractivity contribution in [2.24, 2.45) is 0 Å². The molecule has 4 aromatic rings. The molecular weight excluding hydrogens is 362 g/mol. The monoisotopic (exact) mass is 379 g/mol. The lowest BCUT2D eigenvalue weighted by Gasteiger charge is -2.03. The van der Waals surface area contributed by atoms with Crippen molar-refractivity contribution in [3.05, 3.63) is 70.0 Å². The molecular formula is C20H17N3O3S. The molecule has 7 heteroatoms. The standard InChI is InChI=1S/C20H17N3O3S/c1-2-13-7-9-14(10-8-13)15-12-27-19(21-15)22-18(24)11-23-16-5-3-4-6-17(16)26-20(23)25/h3-10,12H,2,11H2,1H3,(H,21,22,24). The first-order chi connectivity index (χ1) is 13.1. The number of benzene rings is 2.